The average Bonchev–Trinajstić information content (AvgIpc) is 2.73. The van der Waals surface area contributed by atoms with Gasteiger partial charge in [0.2, 0.25) is 0 Å². The van der Waals surface area contributed by atoms with E-state index in [1.807, 2.05) is 12.1 Å². The lowest BCUT2D eigenvalue weighted by atomic mass is 9.95. The van der Waals surface area contributed by atoms with Crippen LogP contribution in [0.25, 0.3) is 0 Å². The summed E-state index contributed by atoms with van der Waals surface area (Å²) in [7, 11) is 0. The van der Waals surface area contributed by atoms with Crippen molar-refractivity contribution in [1.82, 2.24) is 9.88 Å². The van der Waals surface area contributed by atoms with Crippen LogP contribution in [0.2, 0.25) is 5.15 Å². The van der Waals surface area contributed by atoms with E-state index in [-0.39, 0.29) is 17.3 Å². The number of hydrogen-bond acceptors (Lipinski definition) is 3. The average molecular weight is 268 g/mol. The molecule has 1 aliphatic carbocycles. The van der Waals surface area contributed by atoms with E-state index in [2.05, 4.69) is 4.98 Å². The van der Waals surface area contributed by atoms with Crippen LogP contribution >= 0.6 is 11.6 Å². The minimum atomic E-state index is -0.854. The molecule has 96 valence electrons. The Hall–Kier alpha value is -1.33. The molecule has 3 rings (SSSR count). The Morgan fingerprint density at radius 3 is 2.72 bits per heavy atom. The van der Waals surface area contributed by atoms with Crippen LogP contribution in [0, 0.1) is 11.8 Å². The first-order valence-electron chi connectivity index (χ1n) is 5.90. The molecular formula is C12H14ClN3O2. The molecule has 0 spiro atoms. The number of pyridine rings is 1. The fourth-order valence-corrected chi connectivity index (χ4v) is 3.51. The van der Waals surface area contributed by atoms with Gasteiger partial charge in [-0.25, -0.2) is 9.78 Å². The minimum Gasteiger partial charge on any atom is -0.465 e. The molecule has 2 aliphatic rings. The Bertz CT molecular complexity index is 496. The Morgan fingerprint density at radius 2 is 2.22 bits per heavy atom. The van der Waals surface area contributed by atoms with Crippen LogP contribution in [0.4, 0.5) is 4.79 Å². The van der Waals surface area contributed by atoms with Gasteiger partial charge in [-0.3, -0.25) is 0 Å². The maximum Gasteiger partial charge on any atom is 0.407 e. The van der Waals surface area contributed by atoms with Gasteiger partial charge in [-0.15, -0.1) is 0 Å². The Kier molecular flexibility index (Phi) is 2.50. The molecule has 0 bridgehead atoms. The monoisotopic (exact) mass is 267 g/mol. The molecule has 1 aromatic heterocycles. The van der Waals surface area contributed by atoms with E-state index < -0.39 is 6.09 Å². The third-order valence-corrected chi connectivity index (χ3v) is 4.54. The van der Waals surface area contributed by atoms with Crippen LogP contribution in [0.5, 0.6) is 0 Å². The second-order valence-electron chi connectivity index (χ2n) is 4.99. The molecule has 1 aromatic rings. The lowest BCUT2D eigenvalue weighted by molar-refractivity contribution is 0.146. The van der Waals surface area contributed by atoms with Crippen molar-refractivity contribution in [2.75, 3.05) is 19.6 Å². The van der Waals surface area contributed by atoms with Gasteiger partial charge in [0.15, 0.2) is 0 Å². The number of amides is 1. The lowest BCUT2D eigenvalue weighted by Gasteiger charge is -2.23. The van der Waals surface area contributed by atoms with Crippen molar-refractivity contribution in [3.63, 3.8) is 0 Å². The number of nitrogens with two attached hydrogens (primary N) is 1. The van der Waals surface area contributed by atoms with E-state index in [1.54, 1.807) is 6.07 Å². The zero-order chi connectivity index (χ0) is 12.9. The number of piperidine rings is 1. The third kappa shape index (κ3) is 1.44. The van der Waals surface area contributed by atoms with E-state index in [4.69, 9.17) is 22.4 Å². The van der Waals surface area contributed by atoms with Crippen molar-refractivity contribution in [2.24, 2.45) is 17.6 Å². The van der Waals surface area contributed by atoms with Crippen molar-refractivity contribution in [2.45, 2.75) is 5.41 Å². The number of likely N-dealkylation sites (tertiary alicyclic amines) is 1. The number of carboxylic acid groups (broad SMARTS) is 1. The van der Waals surface area contributed by atoms with Crippen LogP contribution in [-0.2, 0) is 5.41 Å². The molecule has 1 aliphatic heterocycles. The molecule has 1 amide bonds. The van der Waals surface area contributed by atoms with E-state index in [0.29, 0.717) is 24.8 Å². The van der Waals surface area contributed by atoms with Gasteiger partial charge in [-0.2, -0.15) is 0 Å². The summed E-state index contributed by atoms with van der Waals surface area (Å²) in [6.07, 6.45) is -0.854. The highest BCUT2D eigenvalue weighted by Crippen LogP contribution is 2.62. The third-order valence-electron chi connectivity index (χ3n) is 4.33. The molecule has 2 fully saturated rings. The Balaban J connectivity index is 1.87. The Labute approximate surface area is 110 Å². The topological polar surface area (TPSA) is 79.5 Å². The molecule has 18 heavy (non-hydrogen) atoms. The highest BCUT2D eigenvalue weighted by atomic mass is 35.5. The first-order chi connectivity index (χ1) is 8.59. The fourth-order valence-electron chi connectivity index (χ4n) is 3.35. The molecular weight excluding hydrogens is 254 g/mol. The summed E-state index contributed by atoms with van der Waals surface area (Å²) in [4.78, 5) is 16.7. The maximum atomic E-state index is 10.9. The molecule has 0 aromatic carbocycles. The summed E-state index contributed by atoms with van der Waals surface area (Å²) in [5.74, 6) is 0.564. The molecule has 6 heteroatoms. The molecule has 1 saturated heterocycles. The van der Waals surface area contributed by atoms with Gasteiger partial charge in [0, 0.05) is 25.0 Å². The summed E-state index contributed by atoms with van der Waals surface area (Å²) in [6, 6.07) is 5.53. The number of rotatable bonds is 2. The normalized spacial score (nSPS) is 33.3. The number of halogens is 1. The number of nitrogens with zero attached hydrogens (tertiary/aromatic N) is 2. The zero-order valence-electron chi connectivity index (χ0n) is 9.71. The summed E-state index contributed by atoms with van der Waals surface area (Å²) in [5, 5.41) is 9.43. The van der Waals surface area contributed by atoms with Crippen molar-refractivity contribution in [3.8, 4) is 0 Å². The number of fused-ring (bicyclic) bond motifs is 1. The molecule has 3 atom stereocenters. The Morgan fingerprint density at radius 1 is 1.56 bits per heavy atom. The highest BCUT2D eigenvalue weighted by molar-refractivity contribution is 6.29. The summed E-state index contributed by atoms with van der Waals surface area (Å²) < 4.78 is 0. The van der Waals surface area contributed by atoms with Gasteiger partial charge in [0.1, 0.15) is 5.15 Å². The largest absolute Gasteiger partial charge is 0.465 e. The zero-order valence-corrected chi connectivity index (χ0v) is 10.5. The van der Waals surface area contributed by atoms with E-state index in [9.17, 15) is 4.79 Å². The number of carbonyl (C=O) groups is 1. The van der Waals surface area contributed by atoms with Gasteiger partial charge in [0.25, 0.3) is 0 Å². The highest BCUT2D eigenvalue weighted by Gasteiger charge is 2.69. The maximum absolute atomic E-state index is 10.9. The van der Waals surface area contributed by atoms with Crippen molar-refractivity contribution in [3.05, 3.63) is 29.0 Å². The SMILES string of the molecule is NC[C@@]1(c2cccc(Cl)n2)[C@@H]2CN(C(=O)O)C[C@@H]21. The molecule has 3 N–H and O–H groups in total. The number of aromatic nitrogens is 1. The van der Waals surface area contributed by atoms with E-state index in [1.165, 1.54) is 4.90 Å². The van der Waals surface area contributed by atoms with Gasteiger partial charge >= 0.3 is 6.09 Å². The van der Waals surface area contributed by atoms with Gasteiger partial charge in [-0.05, 0) is 24.0 Å². The van der Waals surface area contributed by atoms with E-state index in [0.717, 1.165) is 5.69 Å². The van der Waals surface area contributed by atoms with Crippen LogP contribution in [0.15, 0.2) is 18.2 Å². The quantitative estimate of drug-likeness (QED) is 0.789. The molecule has 0 radical (unpaired) electrons. The molecule has 0 unspecified atom stereocenters. The van der Waals surface area contributed by atoms with Crippen molar-refractivity contribution < 1.29 is 9.90 Å². The second kappa shape index (κ2) is 3.83. The fraction of sp³-hybridized carbons (Fsp3) is 0.500. The second-order valence-corrected chi connectivity index (χ2v) is 5.38. The van der Waals surface area contributed by atoms with E-state index >= 15 is 0 Å². The van der Waals surface area contributed by atoms with Crippen molar-refractivity contribution >= 4 is 17.7 Å². The van der Waals surface area contributed by atoms with Crippen LogP contribution in [-0.4, -0.2) is 40.7 Å². The standard InChI is InChI=1S/C12H14ClN3O2/c13-10-3-1-2-9(15-10)12(6-14)7-4-16(11(17)18)5-8(7)12/h1-3,7-8H,4-6,14H2,(H,17,18)/t7-,8+,12-. The first kappa shape index (κ1) is 11.7. The van der Waals surface area contributed by atoms with Gasteiger partial charge in [-0.1, -0.05) is 17.7 Å². The van der Waals surface area contributed by atoms with Gasteiger partial charge in [0.05, 0.1) is 5.69 Å². The minimum absolute atomic E-state index is 0.170. The first-order valence-corrected chi connectivity index (χ1v) is 6.28. The predicted octanol–water partition coefficient (Wildman–Crippen LogP) is 1.17. The summed E-state index contributed by atoms with van der Waals surface area (Å²) >= 11 is 5.91. The van der Waals surface area contributed by atoms with Crippen LogP contribution in [0.1, 0.15) is 5.69 Å². The smallest absolute Gasteiger partial charge is 0.407 e. The summed E-state index contributed by atoms with van der Waals surface area (Å²) in [6.45, 7) is 1.58. The molecule has 2 heterocycles. The lowest BCUT2D eigenvalue weighted by Crippen LogP contribution is -2.37. The van der Waals surface area contributed by atoms with Crippen LogP contribution in [0.3, 0.4) is 0 Å². The summed E-state index contributed by atoms with van der Waals surface area (Å²) in [5.41, 5.74) is 6.64. The predicted molar refractivity (Wildman–Crippen MR) is 66.6 cm³/mol. The molecule has 1 saturated carbocycles. The number of hydrogen-bond donors (Lipinski definition) is 2. The molecule has 5 nitrogen and oxygen atoms in total. The van der Waals surface area contributed by atoms with Gasteiger partial charge < -0.3 is 15.7 Å². The van der Waals surface area contributed by atoms with Crippen molar-refractivity contribution in [1.29, 1.82) is 0 Å². The van der Waals surface area contributed by atoms with Crippen LogP contribution < -0.4 is 5.73 Å².